The van der Waals surface area contributed by atoms with Gasteiger partial charge in [0.15, 0.2) is 11.5 Å². The van der Waals surface area contributed by atoms with Gasteiger partial charge in [-0.25, -0.2) is 8.78 Å². The SMILES string of the molecule is CCCN(C)C1Cn2cc(C(=O)NCc3ccc(F)cc3F)c(=O)c(O)c2C(=O)C1(C)CCOC.CCOC.CCOC. The smallest absolute Gasteiger partial charge is 0.257 e. The molecule has 0 saturated heterocycles. The number of nitrogens with one attached hydrogen (secondary N) is 1. The van der Waals surface area contributed by atoms with Gasteiger partial charge >= 0.3 is 0 Å². The zero-order chi connectivity index (χ0) is 32.7. The van der Waals surface area contributed by atoms with Crippen LogP contribution in [0.5, 0.6) is 5.75 Å². The van der Waals surface area contributed by atoms with E-state index in [-0.39, 0.29) is 36.0 Å². The molecule has 43 heavy (non-hydrogen) atoms. The molecule has 0 aliphatic carbocycles. The predicted octanol–water partition coefficient (Wildman–Crippen LogP) is 4.02. The molecule has 1 aromatic heterocycles. The summed E-state index contributed by atoms with van der Waals surface area (Å²) >= 11 is 0. The number of carbonyl (C=O) groups excluding carboxylic acids is 2. The standard InChI is InChI=1S/C25H31F2N3O5.2C3H8O/c1-5-9-29(3)19-14-30-13-17(24(34)28-12-15-6-7-16(26)11-18(15)27)21(31)22(32)20(30)23(33)25(19,2)8-10-35-4;2*1-3-4-2/h6-7,11,13,19,32H,5,8-10,12,14H2,1-4H3,(H,28,34);2*3H2,1-2H3. The van der Waals surface area contributed by atoms with Crippen LogP contribution in [0.4, 0.5) is 8.78 Å². The number of aromatic hydroxyl groups is 1. The molecule has 1 amide bonds. The lowest BCUT2D eigenvalue weighted by Gasteiger charge is -2.46. The maximum atomic E-state index is 13.9. The second-order valence-electron chi connectivity index (χ2n) is 10.3. The highest BCUT2D eigenvalue weighted by Gasteiger charge is 2.49. The Labute approximate surface area is 252 Å². The molecular formula is C31H47F2N3O7. The van der Waals surface area contributed by atoms with Crippen LogP contribution in [0.1, 0.15) is 66.9 Å². The van der Waals surface area contributed by atoms with Gasteiger partial charge in [0.05, 0.1) is 5.41 Å². The van der Waals surface area contributed by atoms with E-state index in [1.807, 2.05) is 27.8 Å². The van der Waals surface area contributed by atoms with Crippen molar-refractivity contribution in [3.05, 3.63) is 63.1 Å². The molecule has 2 heterocycles. The number of fused-ring (bicyclic) bond motifs is 1. The Morgan fingerprint density at radius 1 is 1.12 bits per heavy atom. The molecule has 12 heteroatoms. The second-order valence-corrected chi connectivity index (χ2v) is 10.3. The molecule has 2 N–H and O–H groups in total. The summed E-state index contributed by atoms with van der Waals surface area (Å²) in [5, 5.41) is 13.1. The Morgan fingerprint density at radius 3 is 2.23 bits per heavy atom. The normalized spacial score (nSPS) is 17.4. The van der Waals surface area contributed by atoms with E-state index in [9.17, 15) is 28.3 Å². The van der Waals surface area contributed by atoms with E-state index in [1.54, 1.807) is 28.3 Å². The third kappa shape index (κ3) is 9.92. The molecule has 0 fully saturated rings. The topological polar surface area (TPSA) is 119 Å². The van der Waals surface area contributed by atoms with Gasteiger partial charge in [-0.05, 0) is 46.3 Å². The van der Waals surface area contributed by atoms with E-state index in [1.165, 1.54) is 16.8 Å². The molecule has 1 aromatic carbocycles. The number of halogens is 2. The predicted molar refractivity (Wildman–Crippen MR) is 161 cm³/mol. The first-order valence-corrected chi connectivity index (χ1v) is 14.3. The Bertz CT molecular complexity index is 1250. The van der Waals surface area contributed by atoms with Crippen LogP contribution < -0.4 is 10.7 Å². The van der Waals surface area contributed by atoms with Crippen molar-refractivity contribution in [2.45, 2.75) is 59.7 Å². The van der Waals surface area contributed by atoms with E-state index in [4.69, 9.17) is 4.74 Å². The summed E-state index contributed by atoms with van der Waals surface area (Å²) in [6, 6.07) is 2.67. The fourth-order valence-electron chi connectivity index (χ4n) is 4.67. The summed E-state index contributed by atoms with van der Waals surface area (Å²) in [4.78, 5) is 41.3. The van der Waals surface area contributed by atoms with Crippen LogP contribution in [0.25, 0.3) is 0 Å². The molecule has 0 saturated carbocycles. The van der Waals surface area contributed by atoms with E-state index in [0.717, 1.165) is 32.2 Å². The number of hydrogen-bond acceptors (Lipinski definition) is 8. The van der Waals surface area contributed by atoms with E-state index >= 15 is 0 Å². The van der Waals surface area contributed by atoms with Gasteiger partial charge in [-0.1, -0.05) is 19.9 Å². The van der Waals surface area contributed by atoms with Gasteiger partial charge in [0.25, 0.3) is 5.91 Å². The highest BCUT2D eigenvalue weighted by atomic mass is 19.1. The number of methoxy groups -OCH3 is 3. The van der Waals surface area contributed by atoms with Crippen molar-refractivity contribution in [3.8, 4) is 5.75 Å². The minimum absolute atomic E-state index is 0.0346. The Kier molecular flexibility index (Phi) is 16.3. The quantitative estimate of drug-likeness (QED) is 0.391. The number of aromatic nitrogens is 1. The number of ketones is 1. The molecule has 2 atom stereocenters. The molecule has 0 bridgehead atoms. The van der Waals surface area contributed by atoms with E-state index < -0.39 is 39.9 Å². The zero-order valence-corrected chi connectivity index (χ0v) is 26.6. The van der Waals surface area contributed by atoms with Crippen LogP contribution in [0.3, 0.4) is 0 Å². The van der Waals surface area contributed by atoms with Gasteiger partial charge in [0, 0.05) is 78.1 Å². The highest BCUT2D eigenvalue weighted by Crippen LogP contribution is 2.40. The van der Waals surface area contributed by atoms with E-state index in [2.05, 4.69) is 19.7 Å². The van der Waals surface area contributed by atoms with Crippen LogP contribution in [0.2, 0.25) is 0 Å². The largest absolute Gasteiger partial charge is 0.503 e. The number of benzene rings is 1. The first kappa shape index (κ1) is 37.8. The third-order valence-electron chi connectivity index (χ3n) is 7.31. The number of hydrogen-bond donors (Lipinski definition) is 2. The molecule has 242 valence electrons. The average Bonchev–Trinajstić information content (AvgIpc) is 2.99. The number of pyridine rings is 1. The average molecular weight is 612 g/mol. The summed E-state index contributed by atoms with van der Waals surface area (Å²) in [5.74, 6) is -3.62. The van der Waals surface area contributed by atoms with E-state index in [0.29, 0.717) is 19.1 Å². The third-order valence-corrected chi connectivity index (χ3v) is 7.31. The monoisotopic (exact) mass is 611 g/mol. The Morgan fingerprint density at radius 2 is 1.72 bits per heavy atom. The summed E-state index contributed by atoms with van der Waals surface area (Å²) in [6.07, 6.45) is 2.51. The Hall–Kier alpha value is -3.19. The minimum Gasteiger partial charge on any atom is -0.503 e. The molecule has 1 aliphatic rings. The van der Waals surface area contributed by atoms with Crippen molar-refractivity contribution in [1.29, 1.82) is 0 Å². The van der Waals surface area contributed by atoms with Crippen molar-refractivity contribution in [3.63, 3.8) is 0 Å². The molecule has 0 spiro atoms. The van der Waals surface area contributed by atoms with Crippen LogP contribution in [0, 0.1) is 17.0 Å². The number of ether oxygens (including phenoxy) is 3. The summed E-state index contributed by atoms with van der Waals surface area (Å²) in [7, 11) is 6.81. The molecule has 2 aromatic rings. The van der Waals surface area contributed by atoms with Crippen LogP contribution >= 0.6 is 0 Å². The number of Topliss-reactive ketones (excluding diaryl/α,β-unsaturated/α-hetero) is 1. The van der Waals surface area contributed by atoms with Crippen LogP contribution in [0.15, 0.2) is 29.2 Å². The molecule has 3 rings (SSSR count). The van der Waals surface area contributed by atoms with Crippen LogP contribution in [-0.2, 0) is 27.3 Å². The van der Waals surface area contributed by atoms with Crippen LogP contribution in [-0.4, -0.2) is 87.0 Å². The van der Waals surface area contributed by atoms with Gasteiger partial charge in [-0.15, -0.1) is 0 Å². The first-order valence-electron chi connectivity index (χ1n) is 14.3. The first-order chi connectivity index (χ1) is 20.4. The van der Waals surface area contributed by atoms with Crippen molar-refractivity contribution in [2.24, 2.45) is 5.41 Å². The lowest BCUT2D eigenvalue weighted by Crippen LogP contribution is -2.56. The number of likely N-dealkylation sites (N-methyl/N-ethyl adjacent to an activating group) is 1. The van der Waals surface area contributed by atoms with Crippen molar-refractivity contribution < 1.29 is 37.7 Å². The zero-order valence-electron chi connectivity index (χ0n) is 26.6. The molecule has 10 nitrogen and oxygen atoms in total. The summed E-state index contributed by atoms with van der Waals surface area (Å²) in [5.41, 5.74) is -2.40. The number of nitrogens with zero attached hydrogens (tertiary/aromatic N) is 2. The maximum absolute atomic E-state index is 13.9. The summed E-state index contributed by atoms with van der Waals surface area (Å²) < 4.78 is 42.8. The fourth-order valence-corrected chi connectivity index (χ4v) is 4.67. The van der Waals surface area contributed by atoms with Crippen molar-refractivity contribution in [1.82, 2.24) is 14.8 Å². The second kappa shape index (κ2) is 18.5. The van der Waals surface area contributed by atoms with Gasteiger partial charge in [0.1, 0.15) is 22.9 Å². The lowest BCUT2D eigenvalue weighted by molar-refractivity contribution is 0.0281. The lowest BCUT2D eigenvalue weighted by atomic mass is 9.71. The number of amides is 1. The highest BCUT2D eigenvalue weighted by molar-refractivity contribution is 6.03. The number of rotatable bonds is 11. The fraction of sp³-hybridized carbons (Fsp3) is 0.581. The maximum Gasteiger partial charge on any atom is 0.257 e. The van der Waals surface area contributed by atoms with Gasteiger partial charge in [-0.3, -0.25) is 14.4 Å². The minimum atomic E-state index is -0.990. The van der Waals surface area contributed by atoms with Crippen molar-refractivity contribution >= 4 is 11.7 Å². The van der Waals surface area contributed by atoms with Gasteiger partial charge in [0.2, 0.25) is 5.43 Å². The Balaban J connectivity index is 0.00000103. The van der Waals surface area contributed by atoms with Gasteiger partial charge < -0.3 is 34.1 Å². The molecule has 1 aliphatic heterocycles. The van der Waals surface area contributed by atoms with Crippen molar-refractivity contribution in [2.75, 3.05) is 54.7 Å². The molecular weight excluding hydrogens is 564 g/mol. The van der Waals surface area contributed by atoms with Gasteiger partial charge in [-0.2, -0.15) is 0 Å². The summed E-state index contributed by atoms with van der Waals surface area (Å²) in [6.45, 7) is 10.4. The molecule has 0 radical (unpaired) electrons. The molecule has 2 unspecified atom stereocenters. The number of carbonyl (C=O) groups is 2.